The Balaban J connectivity index is 1.64. The molecule has 1 aromatic heterocycles. The maximum atomic E-state index is 14.5. The highest BCUT2D eigenvalue weighted by atomic mass is 35.5. The highest BCUT2D eigenvalue weighted by molar-refractivity contribution is 7.07. The molecule has 0 spiro atoms. The van der Waals surface area contributed by atoms with Crippen LogP contribution in [0, 0.1) is 5.82 Å². The van der Waals surface area contributed by atoms with Gasteiger partial charge in [-0.2, -0.15) is 0 Å². The molecule has 204 valence electrons. The smallest absolute Gasteiger partial charge is 0.338 e. The first-order valence-corrected chi connectivity index (χ1v) is 13.4. The van der Waals surface area contributed by atoms with Crippen LogP contribution in [-0.2, 0) is 16.1 Å². The Morgan fingerprint density at radius 2 is 1.88 bits per heavy atom. The summed E-state index contributed by atoms with van der Waals surface area (Å²) >= 11 is 7.29. The molecule has 0 N–H and O–H groups in total. The summed E-state index contributed by atoms with van der Waals surface area (Å²) in [6.45, 7) is 2.01. The van der Waals surface area contributed by atoms with Crippen molar-refractivity contribution >= 4 is 35.0 Å². The minimum absolute atomic E-state index is 0.0940. The third-order valence-corrected chi connectivity index (χ3v) is 7.76. The standard InChI is InChI=1S/C30H24ClFN2O5S/c1-17-26(29(36)38-3)27(19-12-13-23(24(14-19)37-2)39-16-18-8-5-4-6-9-18)34-28(35)25(40-30(34)33-17)15-20-21(31)10-7-11-22(20)32/h4-15,27H,16H2,1-3H3. The summed E-state index contributed by atoms with van der Waals surface area (Å²) in [5.74, 6) is -0.261. The predicted octanol–water partition coefficient (Wildman–Crippen LogP) is 4.79. The van der Waals surface area contributed by atoms with Crippen LogP contribution in [-0.4, -0.2) is 24.8 Å². The first kappa shape index (κ1) is 27.4. The van der Waals surface area contributed by atoms with Crippen molar-refractivity contribution in [1.82, 2.24) is 4.57 Å². The monoisotopic (exact) mass is 578 g/mol. The number of carbonyl (C=O) groups is 1. The zero-order chi connectivity index (χ0) is 28.4. The fraction of sp³-hybridized carbons (Fsp3) is 0.167. The van der Waals surface area contributed by atoms with Crippen LogP contribution in [0.5, 0.6) is 11.5 Å². The largest absolute Gasteiger partial charge is 0.493 e. The van der Waals surface area contributed by atoms with Gasteiger partial charge in [0, 0.05) is 5.56 Å². The zero-order valence-electron chi connectivity index (χ0n) is 21.8. The number of carbonyl (C=O) groups excluding carboxylic acids is 1. The Kier molecular flexibility index (Phi) is 7.86. The fourth-order valence-electron chi connectivity index (χ4n) is 4.50. The van der Waals surface area contributed by atoms with E-state index in [0.717, 1.165) is 16.9 Å². The average Bonchev–Trinajstić information content (AvgIpc) is 3.27. The van der Waals surface area contributed by atoms with E-state index in [2.05, 4.69) is 4.99 Å². The third-order valence-electron chi connectivity index (χ3n) is 6.44. The van der Waals surface area contributed by atoms with Crippen molar-refractivity contribution < 1.29 is 23.4 Å². The van der Waals surface area contributed by atoms with Crippen LogP contribution in [0.25, 0.3) is 6.08 Å². The van der Waals surface area contributed by atoms with E-state index in [1.807, 2.05) is 30.3 Å². The zero-order valence-corrected chi connectivity index (χ0v) is 23.4. The van der Waals surface area contributed by atoms with E-state index in [9.17, 15) is 14.0 Å². The van der Waals surface area contributed by atoms with Gasteiger partial charge in [-0.1, -0.05) is 65.4 Å². The molecule has 7 nitrogen and oxygen atoms in total. The highest BCUT2D eigenvalue weighted by Crippen LogP contribution is 2.36. The van der Waals surface area contributed by atoms with Crippen molar-refractivity contribution in [3.63, 3.8) is 0 Å². The third kappa shape index (κ3) is 5.17. The van der Waals surface area contributed by atoms with Crippen LogP contribution in [0.4, 0.5) is 4.39 Å². The summed E-state index contributed by atoms with van der Waals surface area (Å²) in [6.07, 6.45) is 1.40. The van der Waals surface area contributed by atoms with Gasteiger partial charge in [0.15, 0.2) is 16.3 Å². The second-order valence-corrected chi connectivity index (χ2v) is 10.3. The molecule has 2 heterocycles. The number of hydrogen-bond acceptors (Lipinski definition) is 7. The van der Waals surface area contributed by atoms with Crippen molar-refractivity contribution in [2.45, 2.75) is 19.6 Å². The van der Waals surface area contributed by atoms with Gasteiger partial charge in [-0.05, 0) is 48.4 Å². The number of halogens is 2. The number of methoxy groups -OCH3 is 2. The number of ether oxygens (including phenoxy) is 3. The Bertz CT molecular complexity index is 1790. The molecule has 1 atom stereocenters. The van der Waals surface area contributed by atoms with Crippen LogP contribution in [0.15, 0.2) is 87.8 Å². The molecule has 40 heavy (non-hydrogen) atoms. The highest BCUT2D eigenvalue weighted by Gasteiger charge is 2.33. The Morgan fingerprint density at radius 1 is 1.10 bits per heavy atom. The van der Waals surface area contributed by atoms with Gasteiger partial charge in [-0.15, -0.1) is 0 Å². The van der Waals surface area contributed by atoms with Gasteiger partial charge in [0.25, 0.3) is 5.56 Å². The van der Waals surface area contributed by atoms with Crippen molar-refractivity contribution in [1.29, 1.82) is 0 Å². The second-order valence-electron chi connectivity index (χ2n) is 8.89. The van der Waals surface area contributed by atoms with E-state index in [0.29, 0.717) is 34.2 Å². The van der Waals surface area contributed by atoms with Crippen molar-refractivity contribution in [3.05, 3.63) is 125 Å². The Labute approximate surface area is 238 Å². The predicted molar refractivity (Wildman–Crippen MR) is 151 cm³/mol. The van der Waals surface area contributed by atoms with Crippen molar-refractivity contribution in [2.24, 2.45) is 4.99 Å². The summed E-state index contributed by atoms with van der Waals surface area (Å²) in [6, 6.07) is 18.3. The van der Waals surface area contributed by atoms with Gasteiger partial charge in [-0.3, -0.25) is 9.36 Å². The van der Waals surface area contributed by atoms with Crippen LogP contribution >= 0.6 is 22.9 Å². The topological polar surface area (TPSA) is 79.1 Å². The summed E-state index contributed by atoms with van der Waals surface area (Å²) < 4.78 is 32.8. The lowest BCUT2D eigenvalue weighted by molar-refractivity contribution is -0.136. The van der Waals surface area contributed by atoms with Crippen LogP contribution in [0.1, 0.15) is 29.7 Å². The number of benzene rings is 3. The number of esters is 1. The van der Waals surface area contributed by atoms with E-state index >= 15 is 0 Å². The summed E-state index contributed by atoms with van der Waals surface area (Å²) in [5, 5.41) is 0.171. The lowest BCUT2D eigenvalue weighted by Gasteiger charge is -2.25. The molecule has 0 amide bonds. The van der Waals surface area contributed by atoms with Gasteiger partial charge in [-0.25, -0.2) is 14.2 Å². The number of allylic oxidation sites excluding steroid dienone is 1. The molecular weight excluding hydrogens is 555 g/mol. The lowest BCUT2D eigenvalue weighted by atomic mass is 9.95. The number of hydrogen-bond donors (Lipinski definition) is 0. The molecule has 0 saturated carbocycles. The minimum atomic E-state index is -0.876. The van der Waals surface area contributed by atoms with E-state index in [1.165, 1.54) is 37.0 Å². The minimum Gasteiger partial charge on any atom is -0.493 e. The molecular formula is C30H24ClFN2O5S. The first-order chi connectivity index (χ1) is 19.3. The fourth-order valence-corrected chi connectivity index (χ4v) is 5.74. The molecule has 1 aliphatic heterocycles. The first-order valence-electron chi connectivity index (χ1n) is 12.2. The lowest BCUT2D eigenvalue weighted by Crippen LogP contribution is -2.39. The summed E-state index contributed by atoms with van der Waals surface area (Å²) in [5.41, 5.74) is 1.81. The maximum Gasteiger partial charge on any atom is 0.338 e. The van der Waals surface area contributed by atoms with Crippen LogP contribution < -0.4 is 24.4 Å². The molecule has 0 bridgehead atoms. The molecule has 10 heteroatoms. The van der Waals surface area contributed by atoms with E-state index in [1.54, 1.807) is 31.2 Å². The molecule has 1 unspecified atom stereocenters. The van der Waals surface area contributed by atoms with Crippen molar-refractivity contribution in [3.8, 4) is 11.5 Å². The Hall–Kier alpha value is -4.21. The van der Waals surface area contributed by atoms with E-state index in [-0.39, 0.29) is 20.7 Å². The van der Waals surface area contributed by atoms with Gasteiger partial charge < -0.3 is 14.2 Å². The van der Waals surface area contributed by atoms with Gasteiger partial charge in [0.05, 0.1) is 41.1 Å². The Morgan fingerprint density at radius 3 is 2.58 bits per heavy atom. The average molecular weight is 579 g/mol. The molecule has 1 aliphatic rings. The molecule has 4 aromatic rings. The summed E-state index contributed by atoms with van der Waals surface area (Å²) in [4.78, 5) is 31.6. The maximum absolute atomic E-state index is 14.5. The molecule has 3 aromatic carbocycles. The van der Waals surface area contributed by atoms with E-state index < -0.39 is 23.4 Å². The normalized spacial score (nSPS) is 14.9. The van der Waals surface area contributed by atoms with Crippen LogP contribution in [0.3, 0.4) is 0 Å². The number of nitrogens with zero attached hydrogens (tertiary/aromatic N) is 2. The van der Waals surface area contributed by atoms with Gasteiger partial charge in [0.2, 0.25) is 0 Å². The number of aromatic nitrogens is 1. The SMILES string of the molecule is COC(=O)C1=C(C)N=c2sc(=Cc3c(F)cccc3Cl)c(=O)n2C1c1ccc(OCc2ccccc2)c(OC)c1. The molecule has 5 rings (SSSR count). The number of thiazole rings is 1. The molecule has 0 aliphatic carbocycles. The molecule has 0 fully saturated rings. The number of fused-ring (bicyclic) bond motifs is 1. The van der Waals surface area contributed by atoms with E-state index in [4.69, 9.17) is 25.8 Å². The van der Waals surface area contributed by atoms with Gasteiger partial charge >= 0.3 is 5.97 Å². The molecule has 0 saturated heterocycles. The second kappa shape index (κ2) is 11.5. The van der Waals surface area contributed by atoms with Gasteiger partial charge in [0.1, 0.15) is 12.4 Å². The van der Waals surface area contributed by atoms with Crippen LogP contribution in [0.2, 0.25) is 5.02 Å². The summed E-state index contributed by atoms with van der Waals surface area (Å²) in [7, 11) is 2.78. The quantitative estimate of drug-likeness (QED) is 0.295. The number of rotatable bonds is 7. The molecule has 0 radical (unpaired) electrons. The van der Waals surface area contributed by atoms with Crippen molar-refractivity contribution in [2.75, 3.05) is 14.2 Å².